The Bertz CT molecular complexity index is 242. The van der Waals surface area contributed by atoms with E-state index in [9.17, 15) is 4.79 Å². The van der Waals surface area contributed by atoms with Gasteiger partial charge >= 0.3 is 0 Å². The fraction of sp³-hybridized carbons (Fsp3) is 0.923. The molecule has 17 heavy (non-hydrogen) atoms. The molecule has 0 aliphatic heterocycles. The summed E-state index contributed by atoms with van der Waals surface area (Å²) in [7, 11) is 0. The second-order valence-corrected chi connectivity index (χ2v) is 5.03. The summed E-state index contributed by atoms with van der Waals surface area (Å²) in [4.78, 5) is 14.4. The van der Waals surface area contributed by atoms with E-state index in [-0.39, 0.29) is 24.0 Å². The van der Waals surface area contributed by atoms with Gasteiger partial charge in [0.2, 0.25) is 5.91 Å². The van der Waals surface area contributed by atoms with Crippen LogP contribution in [0.5, 0.6) is 0 Å². The Labute approximate surface area is 104 Å². The minimum atomic E-state index is -0.322. The minimum Gasteiger partial charge on any atom is -0.395 e. The first kappa shape index (κ1) is 14.5. The minimum absolute atomic E-state index is 0.0306. The molecule has 0 bridgehead atoms. The van der Waals surface area contributed by atoms with Gasteiger partial charge < -0.3 is 15.7 Å². The van der Waals surface area contributed by atoms with Crippen LogP contribution in [-0.4, -0.2) is 41.7 Å². The van der Waals surface area contributed by atoms with Crippen LogP contribution in [0.2, 0.25) is 0 Å². The van der Waals surface area contributed by atoms with Crippen molar-refractivity contribution in [3.63, 3.8) is 0 Å². The molecular weight excluding hydrogens is 216 g/mol. The number of hydrogen-bond donors (Lipinski definition) is 2. The average molecular weight is 242 g/mol. The lowest BCUT2D eigenvalue weighted by atomic mass is 9.67. The second kappa shape index (κ2) is 6.36. The number of carbonyl (C=O) groups excluding carboxylic acids is 1. The summed E-state index contributed by atoms with van der Waals surface area (Å²) in [6, 6.07) is 0.235. The van der Waals surface area contributed by atoms with Crippen molar-refractivity contribution in [1.82, 2.24) is 4.90 Å². The Morgan fingerprint density at radius 2 is 2.00 bits per heavy atom. The number of aliphatic hydroxyl groups excluding tert-OH is 1. The fourth-order valence-electron chi connectivity index (χ4n) is 2.70. The molecule has 4 heteroatoms. The van der Waals surface area contributed by atoms with E-state index in [1.54, 1.807) is 0 Å². The van der Waals surface area contributed by atoms with Crippen LogP contribution in [0.3, 0.4) is 0 Å². The second-order valence-electron chi connectivity index (χ2n) is 5.03. The van der Waals surface area contributed by atoms with Gasteiger partial charge in [-0.2, -0.15) is 0 Å². The van der Waals surface area contributed by atoms with Crippen LogP contribution in [0, 0.1) is 5.41 Å². The molecule has 1 fully saturated rings. The predicted octanol–water partition coefficient (Wildman–Crippen LogP) is 1.12. The normalized spacial score (nSPS) is 17.9. The molecule has 0 atom stereocenters. The molecule has 4 nitrogen and oxygen atoms in total. The van der Waals surface area contributed by atoms with Crippen molar-refractivity contribution in [2.24, 2.45) is 11.1 Å². The van der Waals surface area contributed by atoms with Crippen molar-refractivity contribution < 1.29 is 9.90 Å². The Hall–Kier alpha value is -0.610. The smallest absolute Gasteiger partial charge is 0.230 e. The molecule has 0 aromatic carbocycles. The van der Waals surface area contributed by atoms with Gasteiger partial charge in [-0.1, -0.05) is 20.3 Å². The lowest BCUT2D eigenvalue weighted by Gasteiger charge is -2.44. The standard InChI is InChI=1S/C13H26N2O2/c1-3-11(4-2)15(8-9-16)12(17)13(10-14)6-5-7-13/h11,16H,3-10,14H2,1-2H3. The number of aliphatic hydroxyl groups is 1. The number of nitrogens with two attached hydrogens (primary N) is 1. The van der Waals surface area contributed by atoms with Crippen molar-refractivity contribution in [3.05, 3.63) is 0 Å². The molecule has 0 radical (unpaired) electrons. The maximum Gasteiger partial charge on any atom is 0.230 e. The van der Waals surface area contributed by atoms with Crippen LogP contribution in [0.4, 0.5) is 0 Å². The number of carbonyl (C=O) groups is 1. The molecule has 100 valence electrons. The molecule has 0 saturated heterocycles. The summed E-state index contributed by atoms with van der Waals surface area (Å²) >= 11 is 0. The van der Waals surface area contributed by atoms with E-state index in [1.165, 1.54) is 0 Å². The highest BCUT2D eigenvalue weighted by Crippen LogP contribution is 2.42. The van der Waals surface area contributed by atoms with Crippen LogP contribution in [0.15, 0.2) is 0 Å². The third kappa shape index (κ3) is 2.80. The van der Waals surface area contributed by atoms with E-state index in [2.05, 4.69) is 13.8 Å². The zero-order valence-electron chi connectivity index (χ0n) is 11.1. The lowest BCUT2D eigenvalue weighted by Crippen LogP contribution is -2.55. The van der Waals surface area contributed by atoms with Crippen molar-refractivity contribution in [1.29, 1.82) is 0 Å². The van der Waals surface area contributed by atoms with Gasteiger partial charge in [-0.3, -0.25) is 4.79 Å². The summed E-state index contributed by atoms with van der Waals surface area (Å²) in [5.74, 6) is 0.161. The van der Waals surface area contributed by atoms with Gasteiger partial charge in [-0.15, -0.1) is 0 Å². The third-order valence-electron chi connectivity index (χ3n) is 4.14. The number of amides is 1. The Balaban J connectivity index is 2.78. The van der Waals surface area contributed by atoms with Gasteiger partial charge in [0.25, 0.3) is 0 Å². The molecule has 1 amide bonds. The first-order chi connectivity index (χ1) is 8.15. The van der Waals surface area contributed by atoms with Crippen LogP contribution >= 0.6 is 0 Å². The number of hydrogen-bond acceptors (Lipinski definition) is 3. The zero-order chi connectivity index (χ0) is 12.9. The number of nitrogens with zero attached hydrogens (tertiary/aromatic N) is 1. The summed E-state index contributed by atoms with van der Waals surface area (Å²) in [5.41, 5.74) is 5.46. The van der Waals surface area contributed by atoms with E-state index in [1.807, 2.05) is 4.90 Å². The largest absolute Gasteiger partial charge is 0.395 e. The molecule has 1 aliphatic carbocycles. The molecule has 0 heterocycles. The summed E-state index contributed by atoms with van der Waals surface area (Å²) in [6.07, 6.45) is 4.78. The van der Waals surface area contributed by atoms with Gasteiger partial charge in [0.15, 0.2) is 0 Å². The van der Waals surface area contributed by atoms with Crippen molar-refractivity contribution in [2.45, 2.75) is 52.0 Å². The number of rotatable bonds is 7. The van der Waals surface area contributed by atoms with Gasteiger partial charge in [0.05, 0.1) is 12.0 Å². The first-order valence-corrected chi connectivity index (χ1v) is 6.77. The average Bonchev–Trinajstić information content (AvgIpc) is 2.28. The van der Waals surface area contributed by atoms with Crippen LogP contribution in [0.25, 0.3) is 0 Å². The fourth-order valence-corrected chi connectivity index (χ4v) is 2.70. The maximum atomic E-state index is 12.6. The Morgan fingerprint density at radius 1 is 1.41 bits per heavy atom. The van der Waals surface area contributed by atoms with E-state index in [0.29, 0.717) is 13.1 Å². The summed E-state index contributed by atoms with van der Waals surface area (Å²) in [6.45, 7) is 5.08. The van der Waals surface area contributed by atoms with Crippen molar-refractivity contribution in [3.8, 4) is 0 Å². The molecule has 0 unspecified atom stereocenters. The molecule has 1 rings (SSSR count). The molecule has 3 N–H and O–H groups in total. The van der Waals surface area contributed by atoms with Gasteiger partial charge in [-0.25, -0.2) is 0 Å². The van der Waals surface area contributed by atoms with Crippen molar-refractivity contribution in [2.75, 3.05) is 19.7 Å². The zero-order valence-corrected chi connectivity index (χ0v) is 11.1. The van der Waals surface area contributed by atoms with Gasteiger partial charge in [0, 0.05) is 19.1 Å². The highest BCUT2D eigenvalue weighted by molar-refractivity contribution is 5.84. The quantitative estimate of drug-likeness (QED) is 0.703. The van der Waals surface area contributed by atoms with E-state index < -0.39 is 0 Å². The van der Waals surface area contributed by atoms with Gasteiger partial charge in [-0.05, 0) is 25.7 Å². The summed E-state index contributed by atoms with van der Waals surface area (Å²) < 4.78 is 0. The van der Waals surface area contributed by atoms with Gasteiger partial charge in [0.1, 0.15) is 0 Å². The monoisotopic (exact) mass is 242 g/mol. The molecular formula is C13H26N2O2. The molecule has 0 aromatic rings. The van der Waals surface area contributed by atoms with Crippen LogP contribution in [0.1, 0.15) is 46.0 Å². The molecule has 0 aromatic heterocycles. The third-order valence-corrected chi connectivity index (χ3v) is 4.14. The van der Waals surface area contributed by atoms with E-state index in [4.69, 9.17) is 10.8 Å². The lowest BCUT2D eigenvalue weighted by molar-refractivity contribution is -0.150. The molecule has 1 saturated carbocycles. The summed E-state index contributed by atoms with van der Waals surface area (Å²) in [5, 5.41) is 9.13. The predicted molar refractivity (Wildman–Crippen MR) is 68.5 cm³/mol. The van der Waals surface area contributed by atoms with Crippen LogP contribution in [-0.2, 0) is 4.79 Å². The van der Waals surface area contributed by atoms with E-state index in [0.717, 1.165) is 32.1 Å². The molecule has 1 aliphatic rings. The topological polar surface area (TPSA) is 66.6 Å². The first-order valence-electron chi connectivity index (χ1n) is 6.77. The van der Waals surface area contributed by atoms with Crippen molar-refractivity contribution >= 4 is 5.91 Å². The SMILES string of the molecule is CCC(CC)N(CCO)C(=O)C1(CN)CCC1. The Kier molecular flexibility index (Phi) is 5.40. The van der Waals surface area contributed by atoms with E-state index >= 15 is 0 Å². The maximum absolute atomic E-state index is 12.6. The van der Waals surface area contributed by atoms with Crippen LogP contribution < -0.4 is 5.73 Å². The molecule has 0 spiro atoms. The highest BCUT2D eigenvalue weighted by atomic mass is 16.3. The Morgan fingerprint density at radius 3 is 2.29 bits per heavy atom. The highest BCUT2D eigenvalue weighted by Gasteiger charge is 2.45.